The zero-order valence-corrected chi connectivity index (χ0v) is 8.28. The van der Waals surface area contributed by atoms with Crippen LogP contribution in [-0.2, 0) is 14.3 Å². The first kappa shape index (κ1) is 12.4. The van der Waals surface area contributed by atoms with Crippen molar-refractivity contribution in [3.05, 3.63) is 0 Å². The summed E-state index contributed by atoms with van der Waals surface area (Å²) in [7, 11) is 0. The Morgan fingerprint density at radius 3 is 2.54 bits per heavy atom. The number of carbonyl (C=O) groups is 1. The Bertz CT molecular complexity index is 136. The van der Waals surface area contributed by atoms with Gasteiger partial charge in [-0.25, -0.2) is 0 Å². The van der Waals surface area contributed by atoms with Crippen molar-refractivity contribution in [3.63, 3.8) is 0 Å². The third kappa shape index (κ3) is 5.60. The van der Waals surface area contributed by atoms with Crippen LogP contribution in [0.4, 0.5) is 0 Å². The maximum Gasteiger partial charge on any atom is 0.311 e. The van der Waals surface area contributed by atoms with Crippen molar-refractivity contribution in [2.45, 2.75) is 20.3 Å². The van der Waals surface area contributed by atoms with Gasteiger partial charge in [0.05, 0.1) is 19.1 Å². The summed E-state index contributed by atoms with van der Waals surface area (Å²) < 4.78 is 9.93. The number of hydrogen-bond acceptors (Lipinski definition) is 4. The predicted molar refractivity (Wildman–Crippen MR) is 48.3 cm³/mol. The van der Waals surface area contributed by atoms with Crippen LogP contribution in [0.3, 0.4) is 0 Å². The van der Waals surface area contributed by atoms with Gasteiger partial charge < -0.3 is 14.6 Å². The van der Waals surface area contributed by atoms with Crippen molar-refractivity contribution < 1.29 is 19.4 Å². The maximum atomic E-state index is 11.2. The lowest BCUT2D eigenvalue weighted by Gasteiger charge is -2.13. The molecule has 1 N–H and O–H groups in total. The molecular formula is C9H18O4. The van der Waals surface area contributed by atoms with Crippen LogP contribution in [0.25, 0.3) is 0 Å². The number of rotatable bonds is 7. The van der Waals surface area contributed by atoms with Gasteiger partial charge in [-0.3, -0.25) is 4.79 Å². The first-order valence-corrected chi connectivity index (χ1v) is 4.61. The summed E-state index contributed by atoms with van der Waals surface area (Å²) in [6.45, 7) is 4.87. The molecule has 0 saturated heterocycles. The van der Waals surface area contributed by atoms with Gasteiger partial charge in [-0.05, 0) is 20.3 Å². The normalized spacial score (nSPS) is 12.5. The lowest BCUT2D eigenvalue weighted by molar-refractivity contribution is -0.150. The summed E-state index contributed by atoms with van der Waals surface area (Å²) in [6, 6.07) is 0. The van der Waals surface area contributed by atoms with Crippen LogP contribution in [0.15, 0.2) is 0 Å². The van der Waals surface area contributed by atoms with Gasteiger partial charge in [-0.1, -0.05) is 0 Å². The van der Waals surface area contributed by atoms with E-state index in [1.165, 1.54) is 0 Å². The Morgan fingerprint density at radius 2 is 2.08 bits per heavy atom. The summed E-state index contributed by atoms with van der Waals surface area (Å²) >= 11 is 0. The highest BCUT2D eigenvalue weighted by Gasteiger charge is 2.18. The molecule has 4 heteroatoms. The number of ether oxygens (including phenoxy) is 2. The zero-order valence-electron chi connectivity index (χ0n) is 8.28. The molecule has 1 unspecified atom stereocenters. The van der Waals surface area contributed by atoms with Crippen LogP contribution in [0, 0.1) is 5.92 Å². The SMILES string of the molecule is CCOCC(CCO)C(=O)OCC. The van der Waals surface area contributed by atoms with Crippen molar-refractivity contribution in [2.75, 3.05) is 26.4 Å². The fraction of sp³-hybridized carbons (Fsp3) is 0.889. The second-order valence-corrected chi connectivity index (χ2v) is 2.62. The molecule has 0 heterocycles. The van der Waals surface area contributed by atoms with Crippen LogP contribution < -0.4 is 0 Å². The first-order chi connectivity index (χ1) is 6.26. The summed E-state index contributed by atoms with van der Waals surface area (Å²) in [5.74, 6) is -0.616. The molecule has 1 atom stereocenters. The molecule has 0 spiro atoms. The Morgan fingerprint density at radius 1 is 1.38 bits per heavy atom. The summed E-state index contributed by atoms with van der Waals surface area (Å²) in [5, 5.41) is 8.69. The molecular weight excluding hydrogens is 172 g/mol. The van der Waals surface area contributed by atoms with E-state index in [4.69, 9.17) is 14.6 Å². The average molecular weight is 190 g/mol. The Labute approximate surface area is 78.8 Å². The molecule has 0 aromatic heterocycles. The molecule has 78 valence electrons. The fourth-order valence-electron chi connectivity index (χ4n) is 0.945. The molecule has 0 aliphatic rings. The number of esters is 1. The minimum absolute atomic E-state index is 0.0173. The molecule has 0 aliphatic heterocycles. The third-order valence-electron chi connectivity index (χ3n) is 1.62. The zero-order chi connectivity index (χ0) is 10.1. The highest BCUT2D eigenvalue weighted by Crippen LogP contribution is 2.06. The summed E-state index contributed by atoms with van der Waals surface area (Å²) in [5.41, 5.74) is 0. The smallest absolute Gasteiger partial charge is 0.311 e. The lowest BCUT2D eigenvalue weighted by Crippen LogP contribution is -2.23. The van der Waals surface area contributed by atoms with Gasteiger partial charge in [0.15, 0.2) is 0 Å². The van der Waals surface area contributed by atoms with E-state index in [1.807, 2.05) is 6.92 Å². The molecule has 13 heavy (non-hydrogen) atoms. The standard InChI is InChI=1S/C9H18O4/c1-3-12-7-8(5-6-10)9(11)13-4-2/h8,10H,3-7H2,1-2H3. The van der Waals surface area contributed by atoms with Gasteiger partial charge in [0.25, 0.3) is 0 Å². The second-order valence-electron chi connectivity index (χ2n) is 2.62. The van der Waals surface area contributed by atoms with Gasteiger partial charge in [0.1, 0.15) is 0 Å². The number of aliphatic hydroxyl groups excluding tert-OH is 1. The van der Waals surface area contributed by atoms with Crippen LogP contribution >= 0.6 is 0 Å². The molecule has 0 aromatic carbocycles. The van der Waals surface area contributed by atoms with Crippen molar-refractivity contribution in [3.8, 4) is 0 Å². The summed E-state index contributed by atoms with van der Waals surface area (Å²) in [4.78, 5) is 11.2. The molecule has 0 bridgehead atoms. The molecule has 0 aliphatic carbocycles. The topological polar surface area (TPSA) is 55.8 Å². The highest BCUT2D eigenvalue weighted by molar-refractivity contribution is 5.72. The average Bonchev–Trinajstić information content (AvgIpc) is 2.12. The van der Waals surface area contributed by atoms with E-state index in [0.717, 1.165) is 0 Å². The minimum Gasteiger partial charge on any atom is -0.466 e. The van der Waals surface area contributed by atoms with E-state index >= 15 is 0 Å². The number of carbonyl (C=O) groups excluding carboxylic acids is 1. The molecule has 0 amide bonds. The van der Waals surface area contributed by atoms with Crippen LogP contribution in [0.1, 0.15) is 20.3 Å². The largest absolute Gasteiger partial charge is 0.466 e. The third-order valence-corrected chi connectivity index (χ3v) is 1.62. The fourth-order valence-corrected chi connectivity index (χ4v) is 0.945. The van der Waals surface area contributed by atoms with E-state index in [-0.39, 0.29) is 18.5 Å². The predicted octanol–water partition coefficient (Wildman–Crippen LogP) is 0.585. The molecule has 0 aromatic rings. The van der Waals surface area contributed by atoms with E-state index in [0.29, 0.717) is 26.2 Å². The van der Waals surface area contributed by atoms with Gasteiger partial charge >= 0.3 is 5.97 Å². The molecule has 4 nitrogen and oxygen atoms in total. The van der Waals surface area contributed by atoms with Gasteiger partial charge in [0.2, 0.25) is 0 Å². The van der Waals surface area contributed by atoms with E-state index in [2.05, 4.69) is 0 Å². The molecule has 0 radical (unpaired) electrons. The Hall–Kier alpha value is -0.610. The van der Waals surface area contributed by atoms with Crippen molar-refractivity contribution in [2.24, 2.45) is 5.92 Å². The van der Waals surface area contributed by atoms with E-state index < -0.39 is 0 Å². The Kier molecular flexibility index (Phi) is 7.63. The first-order valence-electron chi connectivity index (χ1n) is 4.61. The van der Waals surface area contributed by atoms with E-state index in [1.54, 1.807) is 6.92 Å². The van der Waals surface area contributed by atoms with Crippen LogP contribution in [0.5, 0.6) is 0 Å². The minimum atomic E-state index is -0.329. The lowest BCUT2D eigenvalue weighted by atomic mass is 10.1. The van der Waals surface area contributed by atoms with Gasteiger partial charge in [0, 0.05) is 13.2 Å². The van der Waals surface area contributed by atoms with Gasteiger partial charge in [-0.2, -0.15) is 0 Å². The number of aliphatic hydroxyl groups is 1. The van der Waals surface area contributed by atoms with Gasteiger partial charge in [-0.15, -0.1) is 0 Å². The van der Waals surface area contributed by atoms with Crippen molar-refractivity contribution >= 4 is 5.97 Å². The highest BCUT2D eigenvalue weighted by atomic mass is 16.5. The van der Waals surface area contributed by atoms with Crippen molar-refractivity contribution in [1.82, 2.24) is 0 Å². The Balaban J connectivity index is 3.83. The van der Waals surface area contributed by atoms with Crippen molar-refractivity contribution in [1.29, 1.82) is 0 Å². The molecule has 0 fully saturated rings. The second kappa shape index (κ2) is 8.01. The quantitative estimate of drug-likeness (QED) is 0.597. The molecule has 0 rings (SSSR count). The molecule has 0 saturated carbocycles. The summed E-state index contributed by atoms with van der Waals surface area (Å²) in [6.07, 6.45) is 0.402. The number of hydrogen-bond donors (Lipinski definition) is 1. The monoisotopic (exact) mass is 190 g/mol. The maximum absolute atomic E-state index is 11.2. The van der Waals surface area contributed by atoms with Crippen LogP contribution in [-0.4, -0.2) is 37.5 Å². The van der Waals surface area contributed by atoms with Crippen LogP contribution in [0.2, 0.25) is 0 Å². The van der Waals surface area contributed by atoms with E-state index in [9.17, 15) is 4.79 Å².